The lowest BCUT2D eigenvalue weighted by molar-refractivity contribution is 0.101. The number of aryl methyl sites for hydroxylation is 2. The van der Waals surface area contributed by atoms with E-state index in [9.17, 15) is 4.79 Å². The quantitative estimate of drug-likeness (QED) is 0.589. The first kappa shape index (κ1) is 16.2. The van der Waals surface area contributed by atoms with E-state index >= 15 is 0 Å². The van der Waals surface area contributed by atoms with Gasteiger partial charge < -0.3 is 9.88 Å². The third-order valence-corrected chi connectivity index (χ3v) is 4.68. The summed E-state index contributed by atoms with van der Waals surface area (Å²) in [6.45, 7) is 1.87. The lowest BCUT2D eigenvalue weighted by Crippen LogP contribution is -2.14. The first-order valence-electron chi connectivity index (χ1n) is 7.72. The molecular weight excluding hydrogens is 352 g/mol. The minimum absolute atomic E-state index is 0.0735. The average molecular weight is 366 g/mol. The summed E-state index contributed by atoms with van der Waals surface area (Å²) in [6.07, 6.45) is 3.28. The summed E-state index contributed by atoms with van der Waals surface area (Å²) in [5.74, 6) is 0.0820. The fraction of sp³-hybridized carbons (Fsp3) is 0.125. The number of rotatable bonds is 4. The van der Waals surface area contributed by atoms with E-state index in [0.29, 0.717) is 11.5 Å². The third-order valence-electron chi connectivity index (χ3n) is 3.62. The Bertz CT molecular complexity index is 1090. The maximum atomic E-state index is 12.4. The van der Waals surface area contributed by atoms with Gasteiger partial charge in [-0.15, -0.1) is 15.3 Å². The summed E-state index contributed by atoms with van der Waals surface area (Å²) >= 11 is 1.49. The maximum absolute atomic E-state index is 12.4. The molecule has 1 aromatic carbocycles. The van der Waals surface area contributed by atoms with Crippen molar-refractivity contribution in [1.29, 1.82) is 0 Å². The summed E-state index contributed by atoms with van der Waals surface area (Å²) in [6, 6.07) is 9.23. The molecule has 0 aliphatic carbocycles. The Hall–Kier alpha value is -3.27. The van der Waals surface area contributed by atoms with Crippen molar-refractivity contribution in [3.63, 3.8) is 0 Å². The number of carbonyl (C=O) groups excluding carboxylic acids is 1. The predicted molar refractivity (Wildman–Crippen MR) is 95.0 cm³/mol. The van der Waals surface area contributed by atoms with Gasteiger partial charge in [-0.25, -0.2) is 9.50 Å². The van der Waals surface area contributed by atoms with Crippen LogP contribution in [-0.4, -0.2) is 40.3 Å². The molecule has 26 heavy (non-hydrogen) atoms. The molecule has 3 aromatic heterocycles. The summed E-state index contributed by atoms with van der Waals surface area (Å²) in [5.41, 5.74) is 1.51. The number of benzene rings is 1. The fourth-order valence-electron chi connectivity index (χ4n) is 2.27. The molecular formula is C16H14N8OS. The number of anilines is 1. The van der Waals surface area contributed by atoms with Crippen LogP contribution in [0.2, 0.25) is 0 Å². The van der Waals surface area contributed by atoms with Crippen molar-refractivity contribution in [3.05, 3.63) is 54.4 Å². The number of hydrogen-bond donors (Lipinski definition) is 1. The zero-order chi connectivity index (χ0) is 18.1. The highest BCUT2D eigenvalue weighted by Crippen LogP contribution is 2.26. The summed E-state index contributed by atoms with van der Waals surface area (Å²) in [4.78, 5) is 21.6. The molecule has 3 heterocycles. The van der Waals surface area contributed by atoms with Crippen LogP contribution in [0.15, 0.2) is 52.9 Å². The number of nitrogens with one attached hydrogen (secondary N) is 1. The molecule has 4 rings (SSSR count). The van der Waals surface area contributed by atoms with E-state index in [1.54, 1.807) is 18.6 Å². The molecule has 0 aliphatic heterocycles. The first-order valence-corrected chi connectivity index (χ1v) is 8.53. The van der Waals surface area contributed by atoms with Crippen molar-refractivity contribution >= 4 is 29.1 Å². The van der Waals surface area contributed by atoms with E-state index in [-0.39, 0.29) is 11.7 Å². The SMILES string of the molecule is Cc1ccnc2nc(C(=O)Nc3ccc(Sc4nncn4C)cc3)nn12. The molecule has 0 saturated heterocycles. The predicted octanol–water partition coefficient (Wildman–Crippen LogP) is 1.96. The smallest absolute Gasteiger partial charge is 0.295 e. The molecule has 0 unspecified atom stereocenters. The number of fused-ring (bicyclic) bond motifs is 1. The van der Waals surface area contributed by atoms with E-state index in [2.05, 4.69) is 30.6 Å². The van der Waals surface area contributed by atoms with Crippen LogP contribution in [0.1, 0.15) is 16.3 Å². The van der Waals surface area contributed by atoms with E-state index in [4.69, 9.17) is 0 Å². The molecule has 9 nitrogen and oxygen atoms in total. The molecule has 0 fully saturated rings. The highest BCUT2D eigenvalue weighted by molar-refractivity contribution is 7.99. The number of nitrogens with zero attached hydrogens (tertiary/aromatic N) is 7. The molecule has 0 atom stereocenters. The van der Waals surface area contributed by atoms with E-state index in [0.717, 1.165) is 15.7 Å². The molecule has 130 valence electrons. The second kappa shape index (κ2) is 6.56. The van der Waals surface area contributed by atoms with Crippen LogP contribution in [0.5, 0.6) is 0 Å². The van der Waals surface area contributed by atoms with Crippen LogP contribution in [0.3, 0.4) is 0 Å². The minimum atomic E-state index is -0.386. The Balaban J connectivity index is 1.48. The largest absolute Gasteiger partial charge is 0.319 e. The van der Waals surface area contributed by atoms with Gasteiger partial charge in [-0.1, -0.05) is 0 Å². The first-order chi connectivity index (χ1) is 12.6. The molecule has 1 N–H and O–H groups in total. The molecule has 1 amide bonds. The molecule has 0 radical (unpaired) electrons. The van der Waals surface area contributed by atoms with Gasteiger partial charge in [0.05, 0.1) is 0 Å². The standard InChI is InChI=1S/C16H14N8OS/c1-10-7-8-17-15-20-13(22-24(10)15)14(25)19-11-3-5-12(6-4-11)26-16-21-18-9-23(16)2/h3-9H,1-2H3,(H,19,25). The van der Waals surface area contributed by atoms with Crippen LogP contribution in [0.25, 0.3) is 5.78 Å². The zero-order valence-electron chi connectivity index (χ0n) is 14.0. The molecule has 0 spiro atoms. The van der Waals surface area contributed by atoms with Gasteiger partial charge in [-0.3, -0.25) is 4.79 Å². The lowest BCUT2D eigenvalue weighted by Gasteiger charge is -2.04. The average Bonchev–Trinajstić information content (AvgIpc) is 3.24. The van der Waals surface area contributed by atoms with Crippen molar-refractivity contribution in [1.82, 2.24) is 34.3 Å². The summed E-state index contributed by atoms with van der Waals surface area (Å²) in [5, 5.41) is 15.7. The van der Waals surface area contributed by atoms with Crippen LogP contribution in [0, 0.1) is 6.92 Å². The normalized spacial score (nSPS) is 11.0. The molecule has 0 bridgehead atoms. The van der Waals surface area contributed by atoms with Gasteiger partial charge in [0.15, 0.2) is 5.16 Å². The zero-order valence-corrected chi connectivity index (χ0v) is 14.8. The number of amides is 1. The topological polar surface area (TPSA) is 103 Å². The number of aromatic nitrogens is 7. The Morgan fingerprint density at radius 3 is 2.69 bits per heavy atom. The van der Waals surface area contributed by atoms with Gasteiger partial charge in [-0.2, -0.15) is 4.98 Å². The fourth-order valence-corrected chi connectivity index (χ4v) is 3.03. The molecule has 10 heteroatoms. The Kier molecular flexibility index (Phi) is 4.09. The summed E-state index contributed by atoms with van der Waals surface area (Å²) < 4.78 is 3.38. The molecule has 4 aromatic rings. The highest BCUT2D eigenvalue weighted by atomic mass is 32.2. The Morgan fingerprint density at radius 2 is 2.00 bits per heavy atom. The summed E-state index contributed by atoms with van der Waals surface area (Å²) in [7, 11) is 1.88. The van der Waals surface area contributed by atoms with Crippen LogP contribution < -0.4 is 5.32 Å². The second-order valence-electron chi connectivity index (χ2n) is 5.54. The number of hydrogen-bond acceptors (Lipinski definition) is 7. The van der Waals surface area contributed by atoms with Crippen molar-refractivity contribution < 1.29 is 4.79 Å². The Morgan fingerprint density at radius 1 is 1.19 bits per heavy atom. The van der Waals surface area contributed by atoms with Gasteiger partial charge in [0.2, 0.25) is 5.82 Å². The number of carbonyl (C=O) groups is 1. The molecule has 0 aliphatic rings. The van der Waals surface area contributed by atoms with Crippen molar-refractivity contribution in [2.75, 3.05) is 5.32 Å². The van der Waals surface area contributed by atoms with Gasteiger partial charge in [0.1, 0.15) is 6.33 Å². The Labute approximate surface area is 152 Å². The van der Waals surface area contributed by atoms with Crippen molar-refractivity contribution in [2.45, 2.75) is 17.0 Å². The van der Waals surface area contributed by atoms with Crippen molar-refractivity contribution in [3.8, 4) is 0 Å². The third kappa shape index (κ3) is 3.14. The van der Waals surface area contributed by atoms with E-state index < -0.39 is 0 Å². The van der Waals surface area contributed by atoms with Gasteiger partial charge in [-0.05, 0) is 49.0 Å². The maximum Gasteiger partial charge on any atom is 0.295 e. The van der Waals surface area contributed by atoms with Gasteiger partial charge >= 0.3 is 0 Å². The van der Waals surface area contributed by atoms with Crippen LogP contribution in [0.4, 0.5) is 5.69 Å². The van der Waals surface area contributed by atoms with Crippen LogP contribution >= 0.6 is 11.8 Å². The minimum Gasteiger partial charge on any atom is -0.319 e. The van der Waals surface area contributed by atoms with Crippen LogP contribution in [-0.2, 0) is 7.05 Å². The van der Waals surface area contributed by atoms with E-state index in [1.165, 1.54) is 16.3 Å². The second-order valence-corrected chi connectivity index (χ2v) is 6.58. The highest BCUT2D eigenvalue weighted by Gasteiger charge is 2.14. The van der Waals surface area contributed by atoms with E-state index in [1.807, 2.05) is 42.8 Å². The van der Waals surface area contributed by atoms with Crippen molar-refractivity contribution in [2.24, 2.45) is 7.05 Å². The lowest BCUT2D eigenvalue weighted by atomic mass is 10.3. The monoisotopic (exact) mass is 366 g/mol. The van der Waals surface area contributed by atoms with Gasteiger partial charge in [0.25, 0.3) is 11.7 Å². The van der Waals surface area contributed by atoms with Gasteiger partial charge in [0, 0.05) is 29.5 Å². The molecule has 0 saturated carbocycles.